The van der Waals surface area contributed by atoms with E-state index in [1.807, 2.05) is 0 Å². The van der Waals surface area contributed by atoms with E-state index < -0.39 is 8.60 Å². The summed E-state index contributed by atoms with van der Waals surface area (Å²) in [7, 11) is -2.22. The summed E-state index contributed by atoms with van der Waals surface area (Å²) in [5, 5.41) is 0. The molecule has 6 nitrogen and oxygen atoms in total. The van der Waals surface area contributed by atoms with Gasteiger partial charge in [0.15, 0.2) is 0 Å². The SMILES string of the molecule is NCCOCC[N+]1(CCOP(O)O)CCCC1. The molecule has 0 amide bonds. The van der Waals surface area contributed by atoms with Crippen LogP contribution >= 0.6 is 8.60 Å². The van der Waals surface area contributed by atoms with Crippen molar-refractivity contribution < 1.29 is 23.5 Å². The number of likely N-dealkylation sites (tertiary alicyclic amines) is 1. The molecule has 0 aromatic rings. The molecule has 1 saturated heterocycles. The second-order valence-electron chi connectivity index (χ2n) is 4.43. The van der Waals surface area contributed by atoms with Gasteiger partial charge in [-0.25, -0.2) is 0 Å². The highest BCUT2D eigenvalue weighted by Crippen LogP contribution is 2.25. The summed E-state index contributed by atoms with van der Waals surface area (Å²) < 4.78 is 11.2. The molecule has 0 unspecified atom stereocenters. The lowest BCUT2D eigenvalue weighted by Gasteiger charge is -2.34. The van der Waals surface area contributed by atoms with Gasteiger partial charge in [-0.15, -0.1) is 0 Å². The average Bonchev–Trinajstić information content (AvgIpc) is 2.73. The van der Waals surface area contributed by atoms with Crippen LogP contribution in [-0.4, -0.2) is 66.8 Å². The first-order valence-electron chi connectivity index (χ1n) is 6.12. The van der Waals surface area contributed by atoms with E-state index in [2.05, 4.69) is 0 Å². The molecular formula is C10H24N2O4P+. The van der Waals surface area contributed by atoms with Gasteiger partial charge in [0.1, 0.15) is 19.7 Å². The minimum Gasteiger partial charge on any atom is -0.374 e. The molecule has 4 N–H and O–H groups in total. The Labute approximate surface area is 104 Å². The van der Waals surface area contributed by atoms with Crippen LogP contribution in [0.1, 0.15) is 12.8 Å². The Morgan fingerprint density at radius 2 is 1.71 bits per heavy atom. The first-order chi connectivity index (χ1) is 8.18. The van der Waals surface area contributed by atoms with E-state index >= 15 is 0 Å². The second kappa shape index (κ2) is 8.32. The lowest BCUT2D eigenvalue weighted by atomic mass is 10.4. The van der Waals surface area contributed by atoms with Crippen molar-refractivity contribution in [1.29, 1.82) is 0 Å². The quantitative estimate of drug-likeness (QED) is 0.306. The standard InChI is InChI=1S/C10H24N2O4P/c11-3-8-15-9-6-12(4-1-2-5-12)7-10-16-17(13)14/h13-14H,1-11H2/q+1. The summed E-state index contributed by atoms with van der Waals surface area (Å²) in [6.07, 6.45) is 2.45. The van der Waals surface area contributed by atoms with Crippen LogP contribution in [0.4, 0.5) is 0 Å². The summed E-state index contributed by atoms with van der Waals surface area (Å²) >= 11 is 0. The monoisotopic (exact) mass is 267 g/mol. The fraction of sp³-hybridized carbons (Fsp3) is 1.00. The van der Waals surface area contributed by atoms with Crippen LogP contribution in [0.5, 0.6) is 0 Å². The van der Waals surface area contributed by atoms with Crippen LogP contribution in [0.15, 0.2) is 0 Å². The number of ether oxygens (including phenoxy) is 1. The Balaban J connectivity index is 2.24. The van der Waals surface area contributed by atoms with Crippen molar-refractivity contribution in [1.82, 2.24) is 0 Å². The molecular weight excluding hydrogens is 243 g/mol. The Bertz CT molecular complexity index is 201. The van der Waals surface area contributed by atoms with Crippen molar-refractivity contribution in [2.24, 2.45) is 5.73 Å². The first-order valence-corrected chi connectivity index (χ1v) is 7.29. The molecule has 1 rings (SSSR count). The molecule has 1 heterocycles. The highest BCUT2D eigenvalue weighted by Gasteiger charge is 2.31. The normalized spacial score (nSPS) is 19.1. The molecule has 0 spiro atoms. The fourth-order valence-corrected chi connectivity index (χ4v) is 2.57. The van der Waals surface area contributed by atoms with Gasteiger partial charge in [0.25, 0.3) is 0 Å². The van der Waals surface area contributed by atoms with Gasteiger partial charge in [-0.05, 0) is 0 Å². The maximum atomic E-state index is 8.71. The molecule has 0 saturated carbocycles. The van der Waals surface area contributed by atoms with E-state index in [0.717, 1.165) is 30.7 Å². The van der Waals surface area contributed by atoms with Crippen LogP contribution in [0.25, 0.3) is 0 Å². The molecule has 0 aliphatic carbocycles. The van der Waals surface area contributed by atoms with Crippen molar-refractivity contribution >= 4 is 8.60 Å². The molecule has 1 aliphatic rings. The number of quaternary nitrogens is 1. The lowest BCUT2D eigenvalue weighted by molar-refractivity contribution is -0.917. The third kappa shape index (κ3) is 6.06. The van der Waals surface area contributed by atoms with Gasteiger partial charge in [0.05, 0.1) is 26.3 Å². The predicted octanol–water partition coefficient (Wildman–Crippen LogP) is -0.200. The summed E-state index contributed by atoms with van der Waals surface area (Å²) in [4.78, 5) is 17.4. The maximum absolute atomic E-state index is 8.71. The fourth-order valence-electron chi connectivity index (χ4n) is 2.32. The van der Waals surface area contributed by atoms with E-state index in [1.165, 1.54) is 12.8 Å². The number of hydrogen-bond acceptors (Lipinski definition) is 5. The summed E-state index contributed by atoms with van der Waals surface area (Å²) in [6.45, 7) is 6.32. The Morgan fingerprint density at radius 3 is 2.29 bits per heavy atom. The zero-order valence-corrected chi connectivity index (χ0v) is 11.1. The summed E-state index contributed by atoms with van der Waals surface area (Å²) in [5.41, 5.74) is 5.37. The first kappa shape index (κ1) is 15.2. The van der Waals surface area contributed by atoms with Crippen molar-refractivity contribution in [3.63, 3.8) is 0 Å². The molecule has 7 heteroatoms. The molecule has 0 radical (unpaired) electrons. The molecule has 1 fully saturated rings. The lowest BCUT2D eigenvalue weighted by Crippen LogP contribution is -2.49. The van der Waals surface area contributed by atoms with Crippen LogP contribution in [0.3, 0.4) is 0 Å². The van der Waals surface area contributed by atoms with Crippen LogP contribution in [0.2, 0.25) is 0 Å². The number of nitrogens with zero attached hydrogens (tertiary/aromatic N) is 1. The summed E-state index contributed by atoms with van der Waals surface area (Å²) in [6, 6.07) is 0. The molecule has 102 valence electrons. The summed E-state index contributed by atoms with van der Waals surface area (Å²) in [5.74, 6) is 0. The highest BCUT2D eigenvalue weighted by atomic mass is 31.2. The minimum absolute atomic E-state index is 0.398. The van der Waals surface area contributed by atoms with E-state index in [-0.39, 0.29) is 0 Å². The molecule has 0 bridgehead atoms. The molecule has 0 aromatic heterocycles. The Morgan fingerprint density at radius 1 is 1.06 bits per heavy atom. The predicted molar refractivity (Wildman–Crippen MR) is 66.1 cm³/mol. The largest absolute Gasteiger partial charge is 0.374 e. The van der Waals surface area contributed by atoms with E-state index in [0.29, 0.717) is 26.4 Å². The van der Waals surface area contributed by atoms with Gasteiger partial charge in [0, 0.05) is 19.4 Å². The van der Waals surface area contributed by atoms with Crippen LogP contribution in [0, 0.1) is 0 Å². The Hall–Kier alpha value is 0.190. The van der Waals surface area contributed by atoms with Gasteiger partial charge < -0.3 is 29.3 Å². The van der Waals surface area contributed by atoms with Crippen molar-refractivity contribution in [3.05, 3.63) is 0 Å². The third-order valence-electron chi connectivity index (χ3n) is 3.26. The molecule has 1 aliphatic heterocycles. The third-order valence-corrected chi connectivity index (χ3v) is 3.67. The van der Waals surface area contributed by atoms with Gasteiger partial charge in [-0.1, -0.05) is 0 Å². The van der Waals surface area contributed by atoms with Crippen LogP contribution < -0.4 is 5.73 Å². The van der Waals surface area contributed by atoms with Crippen molar-refractivity contribution in [2.75, 3.05) is 52.5 Å². The van der Waals surface area contributed by atoms with E-state index in [9.17, 15) is 0 Å². The molecule has 0 aromatic carbocycles. The van der Waals surface area contributed by atoms with Crippen molar-refractivity contribution in [3.8, 4) is 0 Å². The maximum Gasteiger partial charge on any atom is 0.327 e. The van der Waals surface area contributed by atoms with E-state index in [1.54, 1.807) is 0 Å². The second-order valence-corrected chi connectivity index (χ2v) is 5.19. The van der Waals surface area contributed by atoms with E-state index in [4.69, 9.17) is 24.8 Å². The number of hydrogen-bond donors (Lipinski definition) is 3. The molecule has 0 atom stereocenters. The topological polar surface area (TPSA) is 84.9 Å². The smallest absolute Gasteiger partial charge is 0.327 e. The Kier molecular flexibility index (Phi) is 7.46. The zero-order valence-electron chi connectivity index (χ0n) is 10.3. The van der Waals surface area contributed by atoms with Gasteiger partial charge >= 0.3 is 8.60 Å². The zero-order chi connectivity index (χ0) is 12.6. The highest BCUT2D eigenvalue weighted by molar-refractivity contribution is 7.39. The van der Waals surface area contributed by atoms with Crippen LogP contribution in [-0.2, 0) is 9.26 Å². The number of nitrogens with two attached hydrogens (primary N) is 1. The minimum atomic E-state index is -2.22. The van der Waals surface area contributed by atoms with Gasteiger partial charge in [-0.3, -0.25) is 0 Å². The van der Waals surface area contributed by atoms with Gasteiger partial charge in [0.2, 0.25) is 0 Å². The van der Waals surface area contributed by atoms with Gasteiger partial charge in [-0.2, -0.15) is 0 Å². The molecule has 17 heavy (non-hydrogen) atoms. The number of rotatable bonds is 9. The van der Waals surface area contributed by atoms with Crippen molar-refractivity contribution in [2.45, 2.75) is 12.8 Å². The average molecular weight is 267 g/mol.